The van der Waals surface area contributed by atoms with E-state index in [1.54, 1.807) is 6.92 Å². The Hall–Kier alpha value is -1.55. The number of hydrogen-bond acceptors (Lipinski definition) is 3. The number of carbonyl (C=O) groups is 2. The van der Waals surface area contributed by atoms with E-state index in [0.717, 1.165) is 5.56 Å². The second-order valence-corrected chi connectivity index (χ2v) is 5.19. The normalized spacial score (nSPS) is 19.9. The molecule has 4 nitrogen and oxygen atoms in total. The molecule has 0 spiro atoms. The van der Waals surface area contributed by atoms with Crippen LogP contribution in [0.25, 0.3) is 0 Å². The Labute approximate surface area is 117 Å². The van der Waals surface area contributed by atoms with E-state index in [1.807, 2.05) is 30.3 Å². The van der Waals surface area contributed by atoms with Crippen molar-refractivity contribution >= 4 is 23.5 Å². The molecule has 0 aromatic heterocycles. The first kappa shape index (κ1) is 13.9. The minimum atomic E-state index is -0.655. The number of nitrogens with zero attached hydrogens (tertiary/aromatic N) is 1. The van der Waals surface area contributed by atoms with Gasteiger partial charge >= 0.3 is 5.97 Å². The van der Waals surface area contributed by atoms with Gasteiger partial charge in [0.1, 0.15) is 11.4 Å². The third kappa shape index (κ3) is 3.26. The molecule has 0 aliphatic carbocycles. The molecule has 102 valence electrons. The average Bonchev–Trinajstić information content (AvgIpc) is 2.82. The summed E-state index contributed by atoms with van der Waals surface area (Å²) in [5, 5.41) is -0.655. The highest BCUT2D eigenvalue weighted by atomic mass is 35.5. The predicted molar refractivity (Wildman–Crippen MR) is 71.7 cm³/mol. The maximum Gasteiger partial charge on any atom is 0.329 e. The van der Waals surface area contributed by atoms with Gasteiger partial charge in [0, 0.05) is 13.0 Å². The number of amides is 1. The lowest BCUT2D eigenvalue weighted by molar-refractivity contribution is -0.148. The van der Waals surface area contributed by atoms with Gasteiger partial charge in [0.15, 0.2) is 0 Å². The zero-order chi connectivity index (χ0) is 13.8. The summed E-state index contributed by atoms with van der Waals surface area (Å²) in [6.45, 7) is 2.34. The van der Waals surface area contributed by atoms with Crippen LogP contribution in [0.1, 0.15) is 18.9 Å². The molecule has 0 unspecified atom stereocenters. The van der Waals surface area contributed by atoms with Crippen molar-refractivity contribution in [2.24, 2.45) is 0 Å². The number of cyclic esters (lactones) is 1. The lowest BCUT2D eigenvalue weighted by Gasteiger charge is -2.27. The van der Waals surface area contributed by atoms with Crippen LogP contribution in [0.15, 0.2) is 30.3 Å². The molecule has 19 heavy (non-hydrogen) atoms. The summed E-state index contributed by atoms with van der Waals surface area (Å²) in [6, 6.07) is 9.01. The molecule has 0 saturated carbocycles. The number of carbonyl (C=O) groups excluding carboxylic acids is 2. The van der Waals surface area contributed by atoms with Crippen LogP contribution in [-0.4, -0.2) is 34.8 Å². The number of ether oxygens (including phenoxy) is 1. The van der Waals surface area contributed by atoms with E-state index in [-0.39, 0.29) is 11.9 Å². The Kier molecular flexibility index (Phi) is 4.43. The van der Waals surface area contributed by atoms with E-state index >= 15 is 0 Å². The molecule has 0 N–H and O–H groups in total. The van der Waals surface area contributed by atoms with Gasteiger partial charge < -0.3 is 9.64 Å². The van der Waals surface area contributed by atoms with Crippen LogP contribution in [0.4, 0.5) is 0 Å². The van der Waals surface area contributed by atoms with E-state index < -0.39 is 11.4 Å². The zero-order valence-corrected chi connectivity index (χ0v) is 11.5. The summed E-state index contributed by atoms with van der Waals surface area (Å²) in [5.41, 5.74) is 0.966. The van der Waals surface area contributed by atoms with Crippen LogP contribution >= 0.6 is 11.6 Å². The van der Waals surface area contributed by atoms with Gasteiger partial charge in [0.05, 0.1) is 6.61 Å². The Morgan fingerprint density at radius 3 is 2.68 bits per heavy atom. The SMILES string of the molecule is C[C@@H](Cl)C(=O)N(Cc1ccccc1)[C@@H]1CCOC1=O. The first-order valence-corrected chi connectivity index (χ1v) is 6.68. The number of hydrogen-bond donors (Lipinski definition) is 0. The van der Waals surface area contributed by atoms with Crippen molar-refractivity contribution < 1.29 is 14.3 Å². The Bertz CT molecular complexity index is 461. The molecular weight excluding hydrogens is 266 g/mol. The van der Waals surface area contributed by atoms with Gasteiger partial charge in [-0.3, -0.25) is 4.79 Å². The first-order chi connectivity index (χ1) is 9.09. The largest absolute Gasteiger partial charge is 0.464 e. The second kappa shape index (κ2) is 6.06. The van der Waals surface area contributed by atoms with Gasteiger partial charge in [-0.25, -0.2) is 4.79 Å². The molecule has 5 heteroatoms. The van der Waals surface area contributed by atoms with Crippen molar-refractivity contribution in [3.63, 3.8) is 0 Å². The summed E-state index contributed by atoms with van der Waals surface area (Å²) < 4.78 is 4.94. The van der Waals surface area contributed by atoms with E-state index in [1.165, 1.54) is 4.90 Å². The highest BCUT2D eigenvalue weighted by molar-refractivity contribution is 6.30. The van der Waals surface area contributed by atoms with Crippen LogP contribution in [0.5, 0.6) is 0 Å². The molecule has 1 saturated heterocycles. The van der Waals surface area contributed by atoms with E-state index in [2.05, 4.69) is 0 Å². The molecule has 1 amide bonds. The Morgan fingerprint density at radius 2 is 2.16 bits per heavy atom. The Morgan fingerprint density at radius 1 is 1.47 bits per heavy atom. The minimum absolute atomic E-state index is 0.241. The first-order valence-electron chi connectivity index (χ1n) is 6.24. The fraction of sp³-hybridized carbons (Fsp3) is 0.429. The summed E-state index contributed by atoms with van der Waals surface area (Å²) >= 11 is 5.87. The van der Waals surface area contributed by atoms with Crippen molar-refractivity contribution in [3.05, 3.63) is 35.9 Å². The van der Waals surface area contributed by atoms with Crippen molar-refractivity contribution in [1.29, 1.82) is 0 Å². The third-order valence-corrected chi connectivity index (χ3v) is 3.29. The smallest absolute Gasteiger partial charge is 0.329 e. The summed E-state index contributed by atoms with van der Waals surface area (Å²) in [4.78, 5) is 25.4. The van der Waals surface area contributed by atoms with Gasteiger partial charge in [-0.15, -0.1) is 11.6 Å². The van der Waals surface area contributed by atoms with E-state index in [4.69, 9.17) is 16.3 Å². The topological polar surface area (TPSA) is 46.6 Å². The van der Waals surface area contributed by atoms with Gasteiger partial charge in [-0.1, -0.05) is 30.3 Å². The maximum atomic E-state index is 12.2. The monoisotopic (exact) mass is 281 g/mol. The van der Waals surface area contributed by atoms with E-state index in [9.17, 15) is 9.59 Å². The highest BCUT2D eigenvalue weighted by Crippen LogP contribution is 2.19. The number of benzene rings is 1. The fourth-order valence-corrected chi connectivity index (χ4v) is 2.24. The second-order valence-electron chi connectivity index (χ2n) is 4.54. The standard InChI is InChI=1S/C14H16ClNO3/c1-10(15)13(17)16(12-7-8-19-14(12)18)9-11-5-3-2-4-6-11/h2-6,10,12H,7-9H2,1H3/t10-,12-/m1/s1. The van der Waals surface area contributed by atoms with Crippen molar-refractivity contribution in [3.8, 4) is 0 Å². The molecule has 1 aromatic rings. The molecule has 1 fully saturated rings. The number of rotatable bonds is 4. The predicted octanol–water partition coefficient (Wildman–Crippen LogP) is 1.96. The van der Waals surface area contributed by atoms with Gasteiger partial charge in [-0.2, -0.15) is 0 Å². The van der Waals surface area contributed by atoms with Crippen LogP contribution in [0.3, 0.4) is 0 Å². The molecule has 2 atom stereocenters. The minimum Gasteiger partial charge on any atom is -0.464 e. The van der Waals surface area contributed by atoms with Gasteiger partial charge in [0.2, 0.25) is 5.91 Å². The van der Waals surface area contributed by atoms with Crippen LogP contribution < -0.4 is 0 Å². The van der Waals surface area contributed by atoms with Crippen LogP contribution in [0, 0.1) is 0 Å². The van der Waals surface area contributed by atoms with Gasteiger partial charge in [0.25, 0.3) is 0 Å². The van der Waals surface area contributed by atoms with Crippen molar-refractivity contribution in [2.45, 2.75) is 31.3 Å². The average molecular weight is 282 g/mol. The lowest BCUT2D eigenvalue weighted by Crippen LogP contribution is -2.45. The molecule has 2 rings (SSSR count). The molecule has 1 aromatic carbocycles. The zero-order valence-electron chi connectivity index (χ0n) is 10.7. The molecule has 1 heterocycles. The van der Waals surface area contributed by atoms with Crippen molar-refractivity contribution in [2.75, 3.05) is 6.61 Å². The quantitative estimate of drug-likeness (QED) is 0.626. The number of halogens is 1. The molecular formula is C14H16ClNO3. The summed E-state index contributed by atoms with van der Waals surface area (Å²) in [7, 11) is 0. The fourth-order valence-electron chi connectivity index (χ4n) is 2.12. The van der Waals surface area contributed by atoms with Crippen LogP contribution in [-0.2, 0) is 20.9 Å². The van der Waals surface area contributed by atoms with E-state index in [0.29, 0.717) is 19.6 Å². The molecule has 0 radical (unpaired) electrons. The molecule has 0 bridgehead atoms. The summed E-state index contributed by atoms with van der Waals surface area (Å²) in [5.74, 6) is -0.587. The number of alkyl halides is 1. The number of esters is 1. The van der Waals surface area contributed by atoms with Crippen molar-refractivity contribution in [1.82, 2.24) is 4.90 Å². The third-order valence-electron chi connectivity index (χ3n) is 3.10. The molecule has 1 aliphatic rings. The summed E-state index contributed by atoms with van der Waals surface area (Å²) in [6.07, 6.45) is 0.529. The lowest BCUT2D eigenvalue weighted by atomic mass is 10.1. The highest BCUT2D eigenvalue weighted by Gasteiger charge is 2.36. The van der Waals surface area contributed by atoms with Gasteiger partial charge in [-0.05, 0) is 12.5 Å². The molecule has 1 aliphatic heterocycles. The van der Waals surface area contributed by atoms with Crippen LogP contribution in [0.2, 0.25) is 0 Å². The Balaban J connectivity index is 2.19. The maximum absolute atomic E-state index is 12.2.